The van der Waals surface area contributed by atoms with Gasteiger partial charge in [0, 0.05) is 87.9 Å². The highest BCUT2D eigenvalue weighted by atomic mass is 35.5. The topological polar surface area (TPSA) is 246 Å². The van der Waals surface area contributed by atoms with Gasteiger partial charge in [-0.3, -0.25) is 19.3 Å². The van der Waals surface area contributed by atoms with E-state index in [1.165, 1.54) is 28.4 Å². The van der Waals surface area contributed by atoms with Gasteiger partial charge in [0.25, 0.3) is 0 Å². The molecule has 3 aliphatic heterocycles. The van der Waals surface area contributed by atoms with E-state index in [9.17, 15) is 24.6 Å². The van der Waals surface area contributed by atoms with Crippen LogP contribution in [0.15, 0.2) is 89.4 Å². The van der Waals surface area contributed by atoms with Gasteiger partial charge in [0.05, 0.1) is 98.5 Å². The number of aromatic nitrogens is 4. The number of benzene rings is 4. The van der Waals surface area contributed by atoms with Gasteiger partial charge in [-0.05, 0) is 91.8 Å². The van der Waals surface area contributed by atoms with E-state index >= 15 is 4.39 Å². The molecule has 0 unspecified atom stereocenters. The molecule has 6 heterocycles. The number of carbonyl (C=O) groups is 3. The number of hydrogen-bond acceptors (Lipinski definition) is 20. The number of nitrogens with zero attached hydrogens (tertiary/aromatic N) is 8. The van der Waals surface area contributed by atoms with E-state index in [-0.39, 0.29) is 89.8 Å². The number of hydrogen-bond donors (Lipinski definition) is 3. The van der Waals surface area contributed by atoms with Crippen molar-refractivity contribution in [1.29, 1.82) is 0 Å². The van der Waals surface area contributed by atoms with E-state index in [1.54, 1.807) is 35.5 Å². The number of β-amino-alcohol motifs (C(OH)–C–C–N with tert-alkyl or cyclic N) is 1. The van der Waals surface area contributed by atoms with Crippen molar-refractivity contribution in [2.24, 2.45) is 5.92 Å². The van der Waals surface area contributed by atoms with Crippen LogP contribution in [0.3, 0.4) is 0 Å². The molecule has 93 heavy (non-hydrogen) atoms. The largest absolute Gasteiger partial charge is 0.508 e. The zero-order valence-electron chi connectivity index (χ0n) is 53.4. The Hall–Kier alpha value is -7.39. The summed E-state index contributed by atoms with van der Waals surface area (Å²) in [4.78, 5) is 62.6. The highest BCUT2D eigenvalue weighted by Crippen LogP contribution is 2.43. The van der Waals surface area contributed by atoms with Crippen LogP contribution in [0.2, 0.25) is 5.02 Å². The Morgan fingerprint density at radius 3 is 2.23 bits per heavy atom. The van der Waals surface area contributed by atoms with Crippen molar-refractivity contribution in [2.45, 2.75) is 90.7 Å². The molecule has 0 bridgehead atoms. The number of ether oxygens (including phenoxy) is 7. The molecular weight excluding hydrogens is 1240 g/mol. The van der Waals surface area contributed by atoms with Crippen molar-refractivity contribution in [3.05, 3.63) is 118 Å². The smallest absolute Gasteiger partial charge is 0.319 e. The van der Waals surface area contributed by atoms with E-state index in [0.717, 1.165) is 58.4 Å². The number of anilines is 1. The van der Waals surface area contributed by atoms with Crippen molar-refractivity contribution in [1.82, 2.24) is 40.1 Å². The third-order valence-corrected chi connectivity index (χ3v) is 18.1. The van der Waals surface area contributed by atoms with Crippen molar-refractivity contribution < 1.29 is 66.7 Å². The molecule has 22 nitrogen and oxygen atoms in total. The number of piperazine rings is 1. The molecule has 10 rings (SSSR count). The molecule has 0 saturated carbocycles. The monoisotopic (exact) mass is 1320 g/mol. The van der Waals surface area contributed by atoms with Gasteiger partial charge in [-0.1, -0.05) is 73.6 Å². The van der Waals surface area contributed by atoms with Crippen LogP contribution in [0.4, 0.5) is 10.2 Å². The lowest BCUT2D eigenvalue weighted by molar-refractivity contribution is -0.141. The Morgan fingerprint density at radius 2 is 1.56 bits per heavy atom. The zero-order valence-corrected chi connectivity index (χ0v) is 54.9. The zero-order chi connectivity index (χ0) is 65.5. The molecule has 3 amide bonds. The molecule has 3 aromatic heterocycles. The van der Waals surface area contributed by atoms with Gasteiger partial charge in [-0.15, -0.1) is 11.3 Å². The first kappa shape index (κ1) is 68.5. The average molecular weight is 1320 g/mol. The summed E-state index contributed by atoms with van der Waals surface area (Å²) in [5.74, 6) is -0.841. The minimum Gasteiger partial charge on any atom is -0.508 e. The van der Waals surface area contributed by atoms with Crippen molar-refractivity contribution in [3.63, 3.8) is 0 Å². The number of aromatic hydroxyl groups is 1. The first-order chi connectivity index (χ1) is 45.0. The molecule has 0 aliphatic carbocycles. The van der Waals surface area contributed by atoms with Crippen LogP contribution >= 0.6 is 22.9 Å². The number of phenolic OH excluding ortho intramolecular Hbond substituents is 1. The Morgan fingerprint density at radius 1 is 0.860 bits per heavy atom. The molecule has 0 radical (unpaired) electrons. The summed E-state index contributed by atoms with van der Waals surface area (Å²) in [6.45, 7) is 21.0. The summed E-state index contributed by atoms with van der Waals surface area (Å²) in [6.07, 6.45) is 1.98. The number of likely N-dealkylation sites (tertiary alicyclic amines) is 2. The maximum absolute atomic E-state index is 17.1. The van der Waals surface area contributed by atoms with Crippen LogP contribution in [0, 0.1) is 25.6 Å². The lowest BCUT2D eigenvalue weighted by Crippen LogP contribution is -2.48. The fourth-order valence-electron chi connectivity index (χ4n) is 12.2. The molecule has 7 aromatic rings. The van der Waals surface area contributed by atoms with Crippen LogP contribution in [-0.2, 0) is 44.6 Å². The van der Waals surface area contributed by atoms with Crippen molar-refractivity contribution >= 4 is 68.2 Å². The number of carbonyl (C=O) groups excluding carboxylic acids is 3. The van der Waals surface area contributed by atoms with Crippen LogP contribution in [-0.4, -0.2) is 206 Å². The van der Waals surface area contributed by atoms with E-state index in [2.05, 4.69) is 31.9 Å². The number of piperidine rings is 1. The second kappa shape index (κ2) is 32.6. The third-order valence-electron chi connectivity index (χ3n) is 16.8. The fourth-order valence-corrected chi connectivity index (χ4v) is 13.3. The number of aryl methyl sites for hydroxylation is 2. The lowest BCUT2D eigenvalue weighted by Gasteiger charge is -2.35. The van der Waals surface area contributed by atoms with Gasteiger partial charge in [-0.25, -0.2) is 9.37 Å². The highest BCUT2D eigenvalue weighted by Gasteiger charge is 2.43. The van der Waals surface area contributed by atoms with Gasteiger partial charge in [0.1, 0.15) is 53.3 Å². The van der Waals surface area contributed by atoms with E-state index in [0.29, 0.717) is 126 Å². The summed E-state index contributed by atoms with van der Waals surface area (Å²) in [5.41, 5.74) is 5.58. The number of fused-ring (bicyclic) bond motifs is 2. The number of halogens is 2. The first-order valence-corrected chi connectivity index (χ1v) is 33.0. The quantitative estimate of drug-likeness (QED) is 0.0271. The Kier molecular flexibility index (Phi) is 24.0. The van der Waals surface area contributed by atoms with Gasteiger partial charge >= 0.3 is 6.01 Å². The Balaban J connectivity index is 0.601. The van der Waals surface area contributed by atoms with Crippen molar-refractivity contribution in [3.8, 4) is 39.1 Å². The molecule has 25 heteroatoms. The lowest BCUT2D eigenvalue weighted by atomic mass is 9.91. The number of phenols is 1. The van der Waals surface area contributed by atoms with Crippen LogP contribution < -0.4 is 19.7 Å². The summed E-state index contributed by atoms with van der Waals surface area (Å²) in [7, 11) is 0. The van der Waals surface area contributed by atoms with Crippen LogP contribution in [0.25, 0.3) is 43.2 Å². The summed E-state index contributed by atoms with van der Waals surface area (Å²) >= 11 is 8.47. The maximum atomic E-state index is 17.1. The predicted octanol–water partition coefficient (Wildman–Crippen LogP) is 8.92. The molecule has 3 saturated heterocycles. The minimum atomic E-state index is -0.863. The number of rotatable bonds is 31. The Bertz CT molecular complexity index is 3690. The van der Waals surface area contributed by atoms with Gasteiger partial charge in [-0.2, -0.15) is 9.97 Å². The minimum absolute atomic E-state index is 0.0195. The van der Waals surface area contributed by atoms with Gasteiger partial charge in [0.2, 0.25) is 17.7 Å². The average Bonchev–Trinajstić information content (AvgIpc) is 1.38. The van der Waals surface area contributed by atoms with E-state index < -0.39 is 23.9 Å². The van der Waals surface area contributed by atoms with E-state index in [1.807, 2.05) is 75.1 Å². The molecule has 498 valence electrons. The van der Waals surface area contributed by atoms with Crippen LogP contribution in [0.1, 0.15) is 68.7 Å². The summed E-state index contributed by atoms with van der Waals surface area (Å²) in [6, 6.07) is 18.9. The fraction of sp³-hybridized carbons (Fsp3) is 0.485. The standard InChI is InChI=1S/C68H83ClFN9O13S/c1-7-59(82)77-18-20-78(21-19-77)65-54-37-55(69)61(53-35-49(80)33-46-10-8-9-11-52(46)53)62(70)63(54)73-68(74-65)91-44(5)39-76-16-14-51(15-17-76)89-30-28-87-26-24-85-22-23-86-25-27-88-29-31-90-57-34-47(64-45(6)72-41-93-64)12-13-48(57)38-71-66(83)56-36-50(81)40-79(56)67(84)60(42(2)3)58-32-43(4)75-92-58/h7-13,32-35,37,41-42,44,50-51,56,60,80-81H,1,14-31,36,38-40H2,2-6H3,(H,71,83)/t44-,50-,56+,60+/m1/s1. The molecular formula is C68H83ClFN9O13S. The highest BCUT2D eigenvalue weighted by molar-refractivity contribution is 7.13. The van der Waals surface area contributed by atoms with Crippen molar-refractivity contribution in [2.75, 3.05) is 123 Å². The molecule has 4 aromatic carbocycles. The normalized spacial score (nSPS) is 17.2. The van der Waals surface area contributed by atoms with Crippen LogP contribution in [0.5, 0.6) is 17.5 Å². The molecule has 3 fully saturated rings. The second-order valence-electron chi connectivity index (χ2n) is 23.9. The molecule has 3 N–H and O–H groups in total. The SMILES string of the molecule is C=CC(=O)N1CCN(c2nc(O[C@H](C)CN3CCC(OCCOCCOCCOCCOCCOc4cc(-c5scnc5C)ccc4CNC(=O)[C@@H]4C[C@@H](O)CN4C(=O)[C@H](c4cc(C)no4)C(C)C)CC3)nc3c(F)c(-c4cc(O)cc5ccccc45)c(Cl)cc23)CC1. The number of thiazole rings is 1. The number of nitrogens with one attached hydrogen (secondary N) is 1. The number of aliphatic hydroxyl groups is 1. The maximum Gasteiger partial charge on any atom is 0.319 e. The molecule has 0 spiro atoms. The summed E-state index contributed by atoms with van der Waals surface area (Å²) < 4.78 is 64.5. The van der Waals surface area contributed by atoms with Gasteiger partial charge < -0.3 is 67.9 Å². The summed E-state index contributed by atoms with van der Waals surface area (Å²) in [5, 5.41) is 30.3. The molecule has 4 atom stereocenters. The van der Waals surface area contributed by atoms with Gasteiger partial charge in [0.15, 0.2) is 5.82 Å². The Labute approximate surface area is 549 Å². The second-order valence-corrected chi connectivity index (χ2v) is 25.2. The number of aliphatic hydroxyl groups excluding tert-OH is 1. The predicted molar refractivity (Wildman–Crippen MR) is 351 cm³/mol. The first-order valence-electron chi connectivity index (χ1n) is 31.8. The number of amides is 3. The molecule has 3 aliphatic rings. The third kappa shape index (κ3) is 17.5. The van der Waals surface area contributed by atoms with E-state index in [4.69, 9.17) is 54.3 Å².